The van der Waals surface area contributed by atoms with Gasteiger partial charge in [-0.05, 0) is 24.6 Å². The summed E-state index contributed by atoms with van der Waals surface area (Å²) in [6, 6.07) is 4.99. The van der Waals surface area contributed by atoms with Crippen LogP contribution in [-0.2, 0) is 0 Å². The second-order valence-electron chi connectivity index (χ2n) is 5.43. The summed E-state index contributed by atoms with van der Waals surface area (Å²) >= 11 is 6.08. The molecule has 7 nitrogen and oxygen atoms in total. The normalized spacial score (nSPS) is 17.9. The number of hydrogen-bond acceptors (Lipinski definition) is 3. The highest BCUT2D eigenvalue weighted by Crippen LogP contribution is 2.25. The number of amides is 2. The summed E-state index contributed by atoms with van der Waals surface area (Å²) in [4.78, 5) is 24.8. The van der Waals surface area contributed by atoms with Crippen LogP contribution >= 0.6 is 11.6 Å². The highest BCUT2D eigenvalue weighted by atomic mass is 35.5. The Kier molecular flexibility index (Phi) is 5.54. The first-order valence-corrected chi connectivity index (χ1v) is 7.62. The van der Waals surface area contributed by atoms with Crippen LogP contribution < -0.4 is 4.74 Å². The molecule has 0 radical (unpaired) electrons. The zero-order valence-corrected chi connectivity index (χ0v) is 13.5. The van der Waals surface area contributed by atoms with E-state index in [9.17, 15) is 14.7 Å². The quantitative estimate of drug-likeness (QED) is 0.878. The van der Waals surface area contributed by atoms with Crippen LogP contribution in [0.3, 0.4) is 0 Å². The predicted molar refractivity (Wildman–Crippen MR) is 84.4 cm³/mol. The van der Waals surface area contributed by atoms with E-state index in [1.54, 1.807) is 12.1 Å². The lowest BCUT2D eigenvalue weighted by Crippen LogP contribution is -2.56. The van der Waals surface area contributed by atoms with Crippen LogP contribution in [0.4, 0.5) is 9.59 Å². The third kappa shape index (κ3) is 4.41. The van der Waals surface area contributed by atoms with Crippen molar-refractivity contribution >= 4 is 23.8 Å². The molecule has 1 heterocycles. The third-order valence-electron chi connectivity index (χ3n) is 3.79. The molecule has 23 heavy (non-hydrogen) atoms. The van der Waals surface area contributed by atoms with Crippen LogP contribution in [0.25, 0.3) is 0 Å². The van der Waals surface area contributed by atoms with E-state index >= 15 is 0 Å². The van der Waals surface area contributed by atoms with Gasteiger partial charge in [-0.1, -0.05) is 17.7 Å². The zero-order valence-electron chi connectivity index (χ0n) is 12.7. The Labute approximate surface area is 139 Å². The summed E-state index contributed by atoms with van der Waals surface area (Å²) in [6.45, 7) is 2.67. The van der Waals surface area contributed by atoms with Crippen LogP contribution in [-0.4, -0.2) is 64.5 Å². The van der Waals surface area contributed by atoms with E-state index in [2.05, 4.69) is 0 Å². The molecule has 1 aliphatic heterocycles. The van der Waals surface area contributed by atoms with Gasteiger partial charge in [0.2, 0.25) is 0 Å². The maximum atomic E-state index is 11.3. The standard InChI is InChI=1S/C15H19ClN2O5/c1-10-2-3-13(12(16)8-10)23-7-4-11-9-17(14(19)20)5-6-18(11)15(21)22/h2-3,8,11H,4-7,9H2,1H3,(H,19,20)(H,21,22). The Balaban J connectivity index is 1.95. The van der Waals surface area contributed by atoms with Crippen molar-refractivity contribution in [1.82, 2.24) is 9.80 Å². The fraction of sp³-hybridized carbons (Fsp3) is 0.467. The lowest BCUT2D eigenvalue weighted by molar-refractivity contribution is 0.0562. The SMILES string of the molecule is Cc1ccc(OCCC2CN(C(=O)O)CCN2C(=O)O)c(Cl)c1. The van der Waals surface area contributed by atoms with Gasteiger partial charge in [0, 0.05) is 26.1 Å². The van der Waals surface area contributed by atoms with E-state index in [0.29, 0.717) is 17.2 Å². The molecule has 0 aromatic heterocycles. The molecule has 1 saturated heterocycles. The zero-order chi connectivity index (χ0) is 17.0. The van der Waals surface area contributed by atoms with Gasteiger partial charge in [-0.15, -0.1) is 0 Å². The smallest absolute Gasteiger partial charge is 0.407 e. The Morgan fingerprint density at radius 2 is 2.04 bits per heavy atom. The number of hydrogen-bond donors (Lipinski definition) is 2. The summed E-state index contributed by atoms with van der Waals surface area (Å²) in [5.41, 5.74) is 1.02. The number of benzene rings is 1. The molecule has 0 aliphatic carbocycles. The first-order valence-electron chi connectivity index (χ1n) is 7.25. The van der Waals surface area contributed by atoms with E-state index in [4.69, 9.17) is 21.4 Å². The lowest BCUT2D eigenvalue weighted by atomic mass is 10.1. The van der Waals surface area contributed by atoms with Crippen molar-refractivity contribution in [2.45, 2.75) is 19.4 Å². The fourth-order valence-corrected chi connectivity index (χ4v) is 2.85. The average molecular weight is 343 g/mol. The molecule has 0 spiro atoms. The summed E-state index contributed by atoms with van der Waals surface area (Å²) in [7, 11) is 0. The molecular formula is C15H19ClN2O5. The molecule has 1 unspecified atom stereocenters. The second-order valence-corrected chi connectivity index (χ2v) is 5.84. The van der Waals surface area contributed by atoms with E-state index in [1.165, 1.54) is 9.80 Å². The van der Waals surface area contributed by atoms with Crippen LogP contribution in [0.15, 0.2) is 18.2 Å². The van der Waals surface area contributed by atoms with Crippen molar-refractivity contribution in [3.05, 3.63) is 28.8 Å². The average Bonchev–Trinajstić information content (AvgIpc) is 2.49. The van der Waals surface area contributed by atoms with Gasteiger partial charge < -0.3 is 24.7 Å². The first-order chi connectivity index (χ1) is 10.9. The van der Waals surface area contributed by atoms with Crippen molar-refractivity contribution in [2.75, 3.05) is 26.2 Å². The predicted octanol–water partition coefficient (Wildman–Crippen LogP) is 2.76. The largest absolute Gasteiger partial charge is 0.492 e. The number of rotatable bonds is 4. The van der Waals surface area contributed by atoms with Crippen molar-refractivity contribution in [2.24, 2.45) is 0 Å². The Morgan fingerprint density at radius 1 is 1.30 bits per heavy atom. The molecule has 2 rings (SSSR count). The van der Waals surface area contributed by atoms with Crippen LogP contribution in [0, 0.1) is 6.92 Å². The highest BCUT2D eigenvalue weighted by Gasteiger charge is 2.32. The second kappa shape index (κ2) is 7.41. The number of carbonyl (C=O) groups is 2. The van der Waals surface area contributed by atoms with E-state index in [0.717, 1.165) is 5.56 Å². The van der Waals surface area contributed by atoms with Crippen LogP contribution in [0.2, 0.25) is 5.02 Å². The molecule has 1 fully saturated rings. The minimum Gasteiger partial charge on any atom is -0.492 e. The van der Waals surface area contributed by atoms with Gasteiger partial charge in [-0.2, -0.15) is 0 Å². The molecule has 2 N–H and O–H groups in total. The molecule has 0 bridgehead atoms. The van der Waals surface area contributed by atoms with Gasteiger partial charge in [0.1, 0.15) is 5.75 Å². The topological polar surface area (TPSA) is 90.3 Å². The summed E-state index contributed by atoms with van der Waals surface area (Å²) in [5, 5.41) is 18.8. The minimum absolute atomic E-state index is 0.145. The van der Waals surface area contributed by atoms with Crippen molar-refractivity contribution < 1.29 is 24.5 Å². The Morgan fingerprint density at radius 3 is 2.65 bits per heavy atom. The van der Waals surface area contributed by atoms with Gasteiger partial charge >= 0.3 is 12.2 Å². The summed E-state index contributed by atoms with van der Waals surface area (Å²) in [5.74, 6) is 0.532. The number of piperazine rings is 1. The van der Waals surface area contributed by atoms with Crippen LogP contribution in [0.5, 0.6) is 5.75 Å². The third-order valence-corrected chi connectivity index (χ3v) is 4.09. The van der Waals surface area contributed by atoms with Gasteiger partial charge in [0.15, 0.2) is 0 Å². The number of ether oxygens (including phenoxy) is 1. The van der Waals surface area contributed by atoms with E-state index in [-0.39, 0.29) is 26.2 Å². The van der Waals surface area contributed by atoms with Gasteiger partial charge in [0.25, 0.3) is 0 Å². The molecule has 1 aliphatic rings. The van der Waals surface area contributed by atoms with Crippen LogP contribution in [0.1, 0.15) is 12.0 Å². The number of halogens is 1. The Hall–Kier alpha value is -2.15. The molecule has 1 atom stereocenters. The summed E-state index contributed by atoms with van der Waals surface area (Å²) in [6.07, 6.45) is -1.70. The molecule has 0 saturated carbocycles. The maximum absolute atomic E-state index is 11.3. The monoisotopic (exact) mass is 342 g/mol. The highest BCUT2D eigenvalue weighted by molar-refractivity contribution is 6.32. The minimum atomic E-state index is -1.05. The van der Waals surface area contributed by atoms with Gasteiger partial charge in [-0.25, -0.2) is 9.59 Å². The molecule has 1 aromatic carbocycles. The molecule has 8 heteroatoms. The molecule has 126 valence electrons. The van der Waals surface area contributed by atoms with E-state index in [1.807, 2.05) is 13.0 Å². The van der Waals surface area contributed by atoms with Gasteiger partial charge in [0.05, 0.1) is 17.7 Å². The van der Waals surface area contributed by atoms with Crippen molar-refractivity contribution in [1.29, 1.82) is 0 Å². The molecule has 2 amide bonds. The lowest BCUT2D eigenvalue weighted by Gasteiger charge is -2.38. The maximum Gasteiger partial charge on any atom is 0.407 e. The van der Waals surface area contributed by atoms with Crippen molar-refractivity contribution in [3.63, 3.8) is 0 Å². The number of carboxylic acid groups (broad SMARTS) is 2. The summed E-state index contributed by atoms with van der Waals surface area (Å²) < 4.78 is 5.60. The molecule has 1 aromatic rings. The Bertz CT molecular complexity index is 595. The fourth-order valence-electron chi connectivity index (χ4n) is 2.56. The van der Waals surface area contributed by atoms with E-state index < -0.39 is 18.2 Å². The van der Waals surface area contributed by atoms with Crippen molar-refractivity contribution in [3.8, 4) is 5.75 Å². The molecular weight excluding hydrogens is 324 g/mol. The van der Waals surface area contributed by atoms with Gasteiger partial charge in [-0.3, -0.25) is 0 Å². The number of aryl methyl sites for hydroxylation is 1. The first kappa shape index (κ1) is 17.2. The number of nitrogens with zero attached hydrogens (tertiary/aromatic N) is 2.